The van der Waals surface area contributed by atoms with Crippen molar-refractivity contribution in [3.05, 3.63) is 47.5 Å². The van der Waals surface area contributed by atoms with E-state index in [4.69, 9.17) is 0 Å². The first-order valence-corrected chi connectivity index (χ1v) is 6.42. The van der Waals surface area contributed by atoms with Crippen molar-refractivity contribution in [1.82, 2.24) is 4.57 Å². The highest BCUT2D eigenvalue weighted by atomic mass is 19.4. The molecule has 0 fully saturated rings. The van der Waals surface area contributed by atoms with Crippen molar-refractivity contribution >= 4 is 27.7 Å². The molecule has 2 aromatic carbocycles. The molecule has 3 aromatic rings. The van der Waals surface area contributed by atoms with Crippen LogP contribution in [-0.4, -0.2) is 16.7 Å². The molecule has 2 nitrogen and oxygen atoms in total. The zero-order valence-corrected chi connectivity index (χ0v) is 11.5. The second-order valence-corrected chi connectivity index (χ2v) is 5.18. The van der Waals surface area contributed by atoms with E-state index in [-0.39, 0.29) is 11.0 Å². The van der Waals surface area contributed by atoms with Crippen molar-refractivity contribution < 1.29 is 18.0 Å². The van der Waals surface area contributed by atoms with E-state index in [1.165, 1.54) is 0 Å². The van der Waals surface area contributed by atoms with Crippen molar-refractivity contribution in [3.63, 3.8) is 0 Å². The molecule has 0 saturated carbocycles. The van der Waals surface area contributed by atoms with Crippen LogP contribution in [-0.2, 0) is 0 Å². The highest BCUT2D eigenvalue weighted by molar-refractivity contribution is 6.14. The van der Waals surface area contributed by atoms with Crippen LogP contribution in [0.2, 0.25) is 0 Å². The van der Waals surface area contributed by atoms with Gasteiger partial charge in [0.2, 0.25) is 0 Å². The van der Waals surface area contributed by atoms with Crippen molar-refractivity contribution in [3.8, 4) is 0 Å². The predicted molar refractivity (Wildman–Crippen MR) is 75.6 cm³/mol. The van der Waals surface area contributed by atoms with Crippen LogP contribution < -0.4 is 0 Å². The molecule has 0 aliphatic rings. The number of fused-ring (bicyclic) bond motifs is 3. The second-order valence-electron chi connectivity index (χ2n) is 5.18. The number of hydrogen-bond donors (Lipinski definition) is 0. The van der Waals surface area contributed by atoms with Crippen molar-refractivity contribution in [2.75, 3.05) is 0 Å². The van der Waals surface area contributed by atoms with Gasteiger partial charge in [0.15, 0.2) is 0 Å². The molecule has 0 aliphatic heterocycles. The molecule has 21 heavy (non-hydrogen) atoms. The number of aryl methyl sites for hydroxylation is 2. The number of hydrogen-bond acceptors (Lipinski definition) is 1. The SMILES string of the molecule is Cc1ccc2c(c1)c1cc(C)ccc1n2C(=O)C(F)(F)F. The third kappa shape index (κ3) is 2.09. The third-order valence-corrected chi connectivity index (χ3v) is 3.52. The molecular weight excluding hydrogens is 279 g/mol. The van der Waals surface area contributed by atoms with Gasteiger partial charge < -0.3 is 0 Å². The molecule has 0 bridgehead atoms. The summed E-state index contributed by atoms with van der Waals surface area (Å²) in [5.41, 5.74) is 2.43. The number of carbonyl (C=O) groups is 1. The Labute approximate surface area is 118 Å². The topological polar surface area (TPSA) is 22.0 Å². The lowest BCUT2D eigenvalue weighted by Gasteiger charge is -2.09. The monoisotopic (exact) mass is 291 g/mol. The summed E-state index contributed by atoms with van der Waals surface area (Å²) in [5.74, 6) is -1.87. The van der Waals surface area contributed by atoms with Gasteiger partial charge in [-0.1, -0.05) is 23.3 Å². The molecule has 0 atom stereocenters. The summed E-state index contributed by atoms with van der Waals surface area (Å²) in [5, 5.41) is 1.32. The van der Waals surface area contributed by atoms with Gasteiger partial charge in [0.05, 0.1) is 11.0 Å². The van der Waals surface area contributed by atoms with Crippen molar-refractivity contribution in [1.29, 1.82) is 0 Å². The fourth-order valence-electron chi connectivity index (χ4n) is 2.60. The minimum Gasteiger partial charge on any atom is -0.272 e. The average molecular weight is 291 g/mol. The highest BCUT2D eigenvalue weighted by Gasteiger charge is 2.41. The van der Waals surface area contributed by atoms with Gasteiger partial charge in [-0.3, -0.25) is 9.36 Å². The Kier molecular flexibility index (Phi) is 2.83. The first kappa shape index (κ1) is 13.7. The van der Waals surface area contributed by atoms with E-state index >= 15 is 0 Å². The first-order valence-electron chi connectivity index (χ1n) is 6.42. The second kappa shape index (κ2) is 4.35. The molecule has 0 saturated heterocycles. The lowest BCUT2D eigenvalue weighted by Crippen LogP contribution is -2.28. The molecule has 3 rings (SSSR count). The zero-order chi connectivity index (χ0) is 15.4. The van der Waals surface area contributed by atoms with E-state index in [2.05, 4.69) is 0 Å². The van der Waals surface area contributed by atoms with E-state index in [0.29, 0.717) is 10.8 Å². The summed E-state index contributed by atoms with van der Waals surface area (Å²) in [4.78, 5) is 11.8. The summed E-state index contributed by atoms with van der Waals surface area (Å²) in [6.45, 7) is 3.73. The summed E-state index contributed by atoms with van der Waals surface area (Å²) >= 11 is 0. The van der Waals surface area contributed by atoms with E-state index in [9.17, 15) is 18.0 Å². The van der Waals surface area contributed by atoms with E-state index in [1.807, 2.05) is 13.8 Å². The molecule has 0 unspecified atom stereocenters. The number of benzene rings is 2. The maximum atomic E-state index is 12.9. The smallest absolute Gasteiger partial charge is 0.272 e. The molecule has 0 N–H and O–H groups in total. The molecule has 108 valence electrons. The Balaban J connectivity index is 2.49. The van der Waals surface area contributed by atoms with E-state index in [0.717, 1.165) is 15.7 Å². The first-order chi connectivity index (χ1) is 9.79. The van der Waals surface area contributed by atoms with Gasteiger partial charge in [0.1, 0.15) is 0 Å². The van der Waals surface area contributed by atoms with E-state index < -0.39 is 12.1 Å². The minimum absolute atomic E-state index is 0.281. The summed E-state index contributed by atoms with van der Waals surface area (Å²) in [6, 6.07) is 10.1. The maximum Gasteiger partial charge on any atom is 0.472 e. The summed E-state index contributed by atoms with van der Waals surface area (Å²) in [6.07, 6.45) is -4.91. The Bertz CT molecular complexity index is 815. The van der Waals surface area contributed by atoms with Gasteiger partial charge >= 0.3 is 12.1 Å². The number of alkyl halides is 3. The molecular formula is C16H12F3NO. The minimum atomic E-state index is -4.91. The van der Waals surface area contributed by atoms with Crippen molar-refractivity contribution in [2.24, 2.45) is 0 Å². The third-order valence-electron chi connectivity index (χ3n) is 3.52. The molecule has 0 amide bonds. The Morgan fingerprint density at radius 3 is 1.71 bits per heavy atom. The molecule has 0 aliphatic carbocycles. The Morgan fingerprint density at radius 2 is 1.33 bits per heavy atom. The standard InChI is InChI=1S/C16H12F3NO/c1-9-3-5-13-11(7-9)12-8-10(2)4-6-14(12)20(13)15(21)16(17,18)19/h3-8H,1-2H3. The van der Waals surface area contributed by atoms with Crippen LogP contribution in [0.15, 0.2) is 36.4 Å². The summed E-state index contributed by atoms with van der Waals surface area (Å²) < 4.78 is 39.3. The fraction of sp³-hybridized carbons (Fsp3) is 0.188. The number of nitrogens with zero attached hydrogens (tertiary/aromatic N) is 1. The number of rotatable bonds is 0. The van der Waals surface area contributed by atoms with Crippen LogP contribution in [0.4, 0.5) is 13.2 Å². The van der Waals surface area contributed by atoms with Crippen LogP contribution in [0.25, 0.3) is 21.8 Å². The van der Waals surface area contributed by atoms with Gasteiger partial charge in [-0.2, -0.15) is 13.2 Å². The molecule has 0 radical (unpaired) electrons. The summed E-state index contributed by atoms with van der Waals surface area (Å²) in [7, 11) is 0. The van der Waals surface area contributed by atoms with Crippen molar-refractivity contribution in [2.45, 2.75) is 20.0 Å². The molecule has 5 heteroatoms. The van der Waals surface area contributed by atoms with E-state index in [1.54, 1.807) is 36.4 Å². The number of aromatic nitrogens is 1. The normalized spacial score (nSPS) is 12.2. The van der Waals surface area contributed by atoms with Gasteiger partial charge in [0, 0.05) is 10.8 Å². The van der Waals surface area contributed by atoms with Crippen LogP contribution in [0.5, 0.6) is 0 Å². The lowest BCUT2D eigenvalue weighted by molar-refractivity contribution is -0.0939. The number of carbonyl (C=O) groups excluding carboxylic acids is 1. The lowest BCUT2D eigenvalue weighted by atomic mass is 10.1. The number of halogens is 3. The van der Waals surface area contributed by atoms with Gasteiger partial charge in [-0.25, -0.2) is 0 Å². The largest absolute Gasteiger partial charge is 0.472 e. The van der Waals surface area contributed by atoms with Crippen LogP contribution >= 0.6 is 0 Å². The average Bonchev–Trinajstić information content (AvgIpc) is 2.70. The zero-order valence-electron chi connectivity index (χ0n) is 11.5. The fourth-order valence-corrected chi connectivity index (χ4v) is 2.60. The van der Waals surface area contributed by atoms with Crippen LogP contribution in [0.1, 0.15) is 15.9 Å². The van der Waals surface area contributed by atoms with Crippen LogP contribution in [0, 0.1) is 13.8 Å². The van der Waals surface area contributed by atoms with Gasteiger partial charge in [0.25, 0.3) is 0 Å². The predicted octanol–water partition coefficient (Wildman–Crippen LogP) is 4.61. The Morgan fingerprint density at radius 1 is 0.905 bits per heavy atom. The molecule has 0 spiro atoms. The Hall–Kier alpha value is -2.30. The molecule has 1 heterocycles. The van der Waals surface area contributed by atoms with Gasteiger partial charge in [-0.15, -0.1) is 0 Å². The highest BCUT2D eigenvalue weighted by Crippen LogP contribution is 2.32. The molecule has 1 aromatic heterocycles. The quantitative estimate of drug-likeness (QED) is 0.592. The maximum absolute atomic E-state index is 12.9. The van der Waals surface area contributed by atoms with Gasteiger partial charge in [-0.05, 0) is 38.1 Å². The van der Waals surface area contributed by atoms with Crippen LogP contribution in [0.3, 0.4) is 0 Å².